The Hall–Kier alpha value is -1.16. The zero-order valence-electron chi connectivity index (χ0n) is 8.82. The highest BCUT2D eigenvalue weighted by Gasteiger charge is 2.19. The first-order valence-electron chi connectivity index (χ1n) is 5.34. The lowest BCUT2D eigenvalue weighted by atomic mass is 9.93. The first kappa shape index (κ1) is 11.3. The van der Waals surface area contributed by atoms with Crippen molar-refractivity contribution in [2.75, 3.05) is 5.32 Å². The molecular formula is C12H13BrN2O. The molecule has 1 atom stereocenters. The van der Waals surface area contributed by atoms with Crippen molar-refractivity contribution in [3.05, 3.63) is 35.1 Å². The molecule has 2 rings (SSSR count). The Morgan fingerprint density at radius 1 is 1.50 bits per heavy atom. The van der Waals surface area contributed by atoms with Crippen LogP contribution in [0.3, 0.4) is 0 Å². The number of halogens is 1. The standard InChI is InChI=1S/C12H13BrN2O/c13-11-10(7-4-8-14-11)15-12(16)9-5-2-1-3-6-9/h1-2,4,7-9H,3,5-6H2,(H,15,16). The van der Waals surface area contributed by atoms with Crippen LogP contribution >= 0.6 is 15.9 Å². The van der Waals surface area contributed by atoms with Gasteiger partial charge in [0, 0.05) is 12.1 Å². The first-order valence-corrected chi connectivity index (χ1v) is 6.13. The van der Waals surface area contributed by atoms with Gasteiger partial charge in [0.1, 0.15) is 4.60 Å². The molecule has 1 aromatic heterocycles. The molecule has 16 heavy (non-hydrogen) atoms. The zero-order chi connectivity index (χ0) is 11.4. The van der Waals surface area contributed by atoms with E-state index in [2.05, 4.69) is 38.4 Å². The van der Waals surface area contributed by atoms with Crippen molar-refractivity contribution in [1.82, 2.24) is 4.98 Å². The monoisotopic (exact) mass is 280 g/mol. The highest BCUT2D eigenvalue weighted by atomic mass is 79.9. The Morgan fingerprint density at radius 2 is 2.38 bits per heavy atom. The van der Waals surface area contributed by atoms with Gasteiger partial charge >= 0.3 is 0 Å². The normalized spacial score (nSPS) is 19.4. The number of hydrogen-bond acceptors (Lipinski definition) is 2. The molecule has 1 heterocycles. The minimum absolute atomic E-state index is 0.0815. The molecule has 1 aromatic rings. The van der Waals surface area contributed by atoms with Crippen LogP contribution in [0.5, 0.6) is 0 Å². The van der Waals surface area contributed by atoms with Gasteiger partial charge in [-0.3, -0.25) is 4.79 Å². The van der Waals surface area contributed by atoms with Gasteiger partial charge in [-0.1, -0.05) is 12.2 Å². The van der Waals surface area contributed by atoms with Crippen LogP contribution in [-0.2, 0) is 4.79 Å². The highest BCUT2D eigenvalue weighted by Crippen LogP contribution is 2.23. The van der Waals surface area contributed by atoms with Crippen LogP contribution in [0, 0.1) is 5.92 Å². The molecule has 1 unspecified atom stereocenters. The number of anilines is 1. The van der Waals surface area contributed by atoms with E-state index in [0.29, 0.717) is 4.60 Å². The fourth-order valence-corrected chi connectivity index (χ4v) is 2.10. The minimum atomic E-state index is 0.0815. The van der Waals surface area contributed by atoms with Gasteiger partial charge in [-0.2, -0.15) is 0 Å². The number of carbonyl (C=O) groups excluding carboxylic acids is 1. The second-order valence-corrected chi connectivity index (χ2v) is 4.56. The second-order valence-electron chi connectivity index (χ2n) is 3.81. The minimum Gasteiger partial charge on any atom is -0.324 e. The van der Waals surface area contributed by atoms with Crippen LogP contribution in [0.2, 0.25) is 0 Å². The van der Waals surface area contributed by atoms with Crippen molar-refractivity contribution in [3.8, 4) is 0 Å². The van der Waals surface area contributed by atoms with Crippen molar-refractivity contribution in [2.45, 2.75) is 19.3 Å². The molecule has 1 aliphatic carbocycles. The maximum atomic E-state index is 11.9. The second kappa shape index (κ2) is 5.25. The summed E-state index contributed by atoms with van der Waals surface area (Å²) < 4.78 is 0.676. The number of hydrogen-bond donors (Lipinski definition) is 1. The Bertz CT molecular complexity index is 417. The average molecular weight is 281 g/mol. The van der Waals surface area contributed by atoms with Crippen LogP contribution < -0.4 is 5.32 Å². The number of rotatable bonds is 2. The van der Waals surface area contributed by atoms with E-state index >= 15 is 0 Å². The van der Waals surface area contributed by atoms with Crippen LogP contribution in [0.4, 0.5) is 5.69 Å². The van der Waals surface area contributed by atoms with Crippen LogP contribution in [0.25, 0.3) is 0 Å². The Balaban J connectivity index is 2.02. The van der Waals surface area contributed by atoms with Gasteiger partial charge in [-0.05, 0) is 47.3 Å². The van der Waals surface area contributed by atoms with Gasteiger partial charge in [0.15, 0.2) is 0 Å². The van der Waals surface area contributed by atoms with Gasteiger partial charge in [0.05, 0.1) is 5.69 Å². The van der Waals surface area contributed by atoms with E-state index in [1.807, 2.05) is 6.07 Å². The molecule has 1 amide bonds. The smallest absolute Gasteiger partial charge is 0.227 e. The molecule has 0 saturated heterocycles. The van der Waals surface area contributed by atoms with E-state index in [1.165, 1.54) is 0 Å². The quantitative estimate of drug-likeness (QED) is 0.668. The fourth-order valence-electron chi connectivity index (χ4n) is 1.75. The Kier molecular flexibility index (Phi) is 3.72. The summed E-state index contributed by atoms with van der Waals surface area (Å²) in [5, 5.41) is 2.90. The summed E-state index contributed by atoms with van der Waals surface area (Å²) in [6.45, 7) is 0. The summed E-state index contributed by atoms with van der Waals surface area (Å²) in [6, 6.07) is 3.65. The average Bonchev–Trinajstić information content (AvgIpc) is 2.33. The number of allylic oxidation sites excluding steroid dienone is 2. The predicted octanol–water partition coefficient (Wildman–Crippen LogP) is 3.14. The molecule has 4 heteroatoms. The van der Waals surface area contributed by atoms with Crippen LogP contribution in [0.1, 0.15) is 19.3 Å². The molecule has 1 aliphatic rings. The van der Waals surface area contributed by atoms with Gasteiger partial charge in [-0.15, -0.1) is 0 Å². The number of nitrogens with zero attached hydrogens (tertiary/aromatic N) is 1. The van der Waals surface area contributed by atoms with Crippen molar-refractivity contribution in [3.63, 3.8) is 0 Å². The van der Waals surface area contributed by atoms with E-state index in [9.17, 15) is 4.79 Å². The van der Waals surface area contributed by atoms with Crippen molar-refractivity contribution >= 4 is 27.5 Å². The van der Waals surface area contributed by atoms with Crippen molar-refractivity contribution in [2.24, 2.45) is 5.92 Å². The summed E-state index contributed by atoms with van der Waals surface area (Å²) >= 11 is 3.31. The molecule has 0 bridgehead atoms. The van der Waals surface area contributed by atoms with Gasteiger partial charge in [0.25, 0.3) is 0 Å². The molecule has 3 nitrogen and oxygen atoms in total. The lowest BCUT2D eigenvalue weighted by molar-refractivity contribution is -0.120. The maximum absolute atomic E-state index is 11.9. The largest absolute Gasteiger partial charge is 0.324 e. The molecule has 0 saturated carbocycles. The summed E-state index contributed by atoms with van der Waals surface area (Å²) in [4.78, 5) is 16.0. The number of nitrogens with one attached hydrogen (secondary N) is 1. The third-order valence-corrected chi connectivity index (χ3v) is 3.29. The summed E-state index contributed by atoms with van der Waals surface area (Å²) in [7, 11) is 0. The van der Waals surface area contributed by atoms with Crippen LogP contribution in [0.15, 0.2) is 35.1 Å². The molecular weight excluding hydrogens is 268 g/mol. The van der Waals surface area contributed by atoms with Crippen molar-refractivity contribution in [1.29, 1.82) is 0 Å². The topological polar surface area (TPSA) is 42.0 Å². The summed E-state index contributed by atoms with van der Waals surface area (Å²) in [5.41, 5.74) is 0.738. The number of amides is 1. The number of aromatic nitrogens is 1. The lowest BCUT2D eigenvalue weighted by Crippen LogP contribution is -2.23. The Labute approximate surface area is 103 Å². The number of carbonyl (C=O) groups is 1. The van der Waals surface area contributed by atoms with Crippen LogP contribution in [-0.4, -0.2) is 10.9 Å². The van der Waals surface area contributed by atoms with Gasteiger partial charge in [0.2, 0.25) is 5.91 Å². The zero-order valence-corrected chi connectivity index (χ0v) is 10.4. The van der Waals surface area contributed by atoms with E-state index in [1.54, 1.807) is 12.3 Å². The molecule has 0 fully saturated rings. The number of pyridine rings is 1. The molecule has 84 valence electrons. The Morgan fingerprint density at radius 3 is 3.06 bits per heavy atom. The van der Waals surface area contributed by atoms with Crippen molar-refractivity contribution < 1.29 is 4.79 Å². The molecule has 1 N–H and O–H groups in total. The van der Waals surface area contributed by atoms with E-state index in [-0.39, 0.29) is 11.8 Å². The first-order chi connectivity index (χ1) is 7.77. The summed E-state index contributed by atoms with van der Waals surface area (Å²) in [5.74, 6) is 0.176. The molecule has 0 aliphatic heterocycles. The van der Waals surface area contributed by atoms with E-state index < -0.39 is 0 Å². The summed E-state index contributed by atoms with van der Waals surface area (Å²) in [6.07, 6.45) is 8.65. The SMILES string of the molecule is O=C(Nc1cccnc1Br)C1CC=CCC1. The molecule has 0 radical (unpaired) electrons. The molecule has 0 spiro atoms. The lowest BCUT2D eigenvalue weighted by Gasteiger charge is -2.17. The third kappa shape index (κ3) is 2.70. The predicted molar refractivity (Wildman–Crippen MR) is 67.0 cm³/mol. The molecule has 0 aromatic carbocycles. The van der Waals surface area contributed by atoms with E-state index in [4.69, 9.17) is 0 Å². The van der Waals surface area contributed by atoms with E-state index in [0.717, 1.165) is 24.9 Å². The van der Waals surface area contributed by atoms with Gasteiger partial charge < -0.3 is 5.32 Å². The highest BCUT2D eigenvalue weighted by molar-refractivity contribution is 9.10. The fraction of sp³-hybridized carbons (Fsp3) is 0.333. The van der Waals surface area contributed by atoms with Gasteiger partial charge in [-0.25, -0.2) is 4.98 Å². The maximum Gasteiger partial charge on any atom is 0.227 e. The third-order valence-electron chi connectivity index (χ3n) is 2.66.